The van der Waals surface area contributed by atoms with Gasteiger partial charge in [0.25, 0.3) is 17.5 Å². The molecule has 0 unspecified atom stereocenters. The lowest BCUT2D eigenvalue weighted by Crippen LogP contribution is -2.19. The first-order chi connectivity index (χ1) is 13.9. The molecule has 1 heterocycles. The zero-order chi connectivity index (χ0) is 20.8. The second kappa shape index (κ2) is 8.89. The van der Waals surface area contributed by atoms with Crippen LogP contribution in [-0.2, 0) is 0 Å². The monoisotopic (exact) mass is 408 g/mol. The van der Waals surface area contributed by atoms with Crippen molar-refractivity contribution in [1.82, 2.24) is 5.43 Å². The minimum Gasteiger partial charge on any atom is -0.321 e. The number of nitrogens with zero attached hydrogens (tertiary/aromatic N) is 2. The van der Waals surface area contributed by atoms with Crippen LogP contribution in [0.5, 0.6) is 0 Å². The largest absolute Gasteiger partial charge is 0.321 e. The first kappa shape index (κ1) is 19.9. The third-order valence-electron chi connectivity index (χ3n) is 3.93. The molecule has 1 aromatic heterocycles. The maximum absolute atomic E-state index is 12.2. The van der Waals surface area contributed by atoms with Crippen molar-refractivity contribution in [3.05, 3.63) is 92.2 Å². The maximum Gasteiger partial charge on any atom is 0.271 e. The van der Waals surface area contributed by atoms with Crippen molar-refractivity contribution in [2.45, 2.75) is 6.92 Å². The molecule has 0 aliphatic heterocycles. The van der Waals surface area contributed by atoms with E-state index in [1.54, 1.807) is 43.3 Å². The molecule has 0 saturated carbocycles. The molecule has 0 aliphatic rings. The Hall–Kier alpha value is -3.85. The third kappa shape index (κ3) is 5.11. The van der Waals surface area contributed by atoms with Crippen molar-refractivity contribution in [3.63, 3.8) is 0 Å². The van der Waals surface area contributed by atoms with Gasteiger partial charge >= 0.3 is 0 Å². The van der Waals surface area contributed by atoms with Crippen LogP contribution in [0.4, 0.5) is 11.4 Å². The van der Waals surface area contributed by atoms with E-state index in [0.717, 1.165) is 0 Å². The summed E-state index contributed by atoms with van der Waals surface area (Å²) in [5.41, 5.74) is 4.16. The highest BCUT2D eigenvalue weighted by atomic mass is 32.1. The average molecular weight is 408 g/mol. The van der Waals surface area contributed by atoms with Crippen LogP contribution in [0.25, 0.3) is 0 Å². The Morgan fingerprint density at radius 1 is 1.00 bits per heavy atom. The number of benzene rings is 2. The molecule has 146 valence electrons. The number of nitrogens with one attached hydrogen (secondary N) is 2. The number of hydrogen-bond acceptors (Lipinski definition) is 6. The molecule has 3 rings (SSSR count). The fraction of sp³-hybridized carbons (Fsp3) is 0.0500. The Balaban J connectivity index is 1.69. The molecule has 0 atom stereocenters. The Labute approximate surface area is 170 Å². The van der Waals surface area contributed by atoms with E-state index in [9.17, 15) is 19.7 Å². The van der Waals surface area contributed by atoms with Crippen molar-refractivity contribution in [1.29, 1.82) is 0 Å². The molecular formula is C20H16N4O4S. The lowest BCUT2D eigenvalue weighted by molar-refractivity contribution is -0.384. The van der Waals surface area contributed by atoms with Crippen LogP contribution in [0, 0.1) is 10.1 Å². The number of amides is 2. The van der Waals surface area contributed by atoms with Gasteiger partial charge in [0.1, 0.15) is 0 Å². The van der Waals surface area contributed by atoms with Crippen molar-refractivity contribution in [2.75, 3.05) is 5.32 Å². The topological polar surface area (TPSA) is 114 Å². The fourth-order valence-electron chi connectivity index (χ4n) is 2.45. The zero-order valence-corrected chi connectivity index (χ0v) is 16.1. The number of nitro benzene ring substituents is 1. The van der Waals surface area contributed by atoms with E-state index in [4.69, 9.17) is 0 Å². The minimum absolute atomic E-state index is 0.132. The van der Waals surface area contributed by atoms with Crippen LogP contribution in [0.1, 0.15) is 32.5 Å². The predicted molar refractivity (Wildman–Crippen MR) is 111 cm³/mol. The smallest absolute Gasteiger partial charge is 0.271 e. The van der Waals surface area contributed by atoms with Gasteiger partial charge in [-0.15, -0.1) is 11.3 Å². The highest BCUT2D eigenvalue weighted by Crippen LogP contribution is 2.16. The second-order valence-corrected chi connectivity index (χ2v) is 6.91. The fourth-order valence-corrected chi connectivity index (χ4v) is 3.07. The Morgan fingerprint density at radius 2 is 1.76 bits per heavy atom. The molecule has 29 heavy (non-hydrogen) atoms. The van der Waals surface area contributed by atoms with Gasteiger partial charge in [-0.05, 0) is 42.1 Å². The first-order valence-electron chi connectivity index (χ1n) is 8.48. The quantitative estimate of drug-likeness (QED) is 0.364. The van der Waals surface area contributed by atoms with E-state index in [1.165, 1.54) is 35.6 Å². The summed E-state index contributed by atoms with van der Waals surface area (Å²) < 4.78 is 0. The molecule has 9 heteroatoms. The third-order valence-corrected chi connectivity index (χ3v) is 4.80. The Kier molecular flexibility index (Phi) is 6.10. The lowest BCUT2D eigenvalue weighted by Gasteiger charge is -2.07. The van der Waals surface area contributed by atoms with Crippen LogP contribution in [0.3, 0.4) is 0 Å². The van der Waals surface area contributed by atoms with Crippen molar-refractivity contribution < 1.29 is 14.5 Å². The van der Waals surface area contributed by atoms with Gasteiger partial charge in [-0.25, -0.2) is 5.43 Å². The molecule has 2 amide bonds. The number of hydrazone groups is 1. The van der Waals surface area contributed by atoms with E-state index in [-0.39, 0.29) is 17.2 Å². The number of non-ortho nitro benzene ring substituents is 1. The number of hydrogen-bond donors (Lipinski definition) is 2. The van der Waals surface area contributed by atoms with E-state index in [1.807, 2.05) is 5.38 Å². The molecule has 0 fully saturated rings. The highest BCUT2D eigenvalue weighted by Gasteiger charge is 2.11. The molecule has 3 aromatic rings. The summed E-state index contributed by atoms with van der Waals surface area (Å²) in [5, 5.41) is 19.5. The SMILES string of the molecule is CC(=NNC(=O)c1cccc([N+](=O)[O-])c1)c1cccc(NC(=O)c2cccs2)c1. The van der Waals surface area contributed by atoms with Gasteiger partial charge in [0, 0.05) is 23.4 Å². The van der Waals surface area contributed by atoms with Gasteiger partial charge in [-0.1, -0.05) is 24.3 Å². The van der Waals surface area contributed by atoms with Crippen LogP contribution in [0.2, 0.25) is 0 Å². The molecule has 2 N–H and O–H groups in total. The number of rotatable bonds is 6. The second-order valence-electron chi connectivity index (χ2n) is 5.96. The van der Waals surface area contributed by atoms with Gasteiger partial charge in [0.2, 0.25) is 0 Å². The maximum atomic E-state index is 12.2. The Morgan fingerprint density at radius 3 is 2.48 bits per heavy atom. The normalized spacial score (nSPS) is 11.0. The van der Waals surface area contributed by atoms with Gasteiger partial charge < -0.3 is 5.32 Å². The molecule has 0 radical (unpaired) electrons. The number of carbonyl (C=O) groups is 2. The van der Waals surface area contributed by atoms with E-state index in [2.05, 4.69) is 15.8 Å². The van der Waals surface area contributed by atoms with Gasteiger partial charge in [-0.2, -0.15) is 5.10 Å². The zero-order valence-electron chi connectivity index (χ0n) is 15.3. The molecule has 0 aliphatic carbocycles. The van der Waals surface area contributed by atoms with Gasteiger partial charge in [0.15, 0.2) is 0 Å². The molecule has 0 saturated heterocycles. The van der Waals surface area contributed by atoms with Gasteiger partial charge in [-0.3, -0.25) is 19.7 Å². The Bertz CT molecular complexity index is 1090. The highest BCUT2D eigenvalue weighted by molar-refractivity contribution is 7.12. The summed E-state index contributed by atoms with van der Waals surface area (Å²) in [6.07, 6.45) is 0. The number of carbonyl (C=O) groups excluding carboxylic acids is 2. The summed E-state index contributed by atoms with van der Waals surface area (Å²) >= 11 is 1.35. The van der Waals surface area contributed by atoms with E-state index < -0.39 is 10.8 Å². The predicted octanol–water partition coefficient (Wildman–Crippen LogP) is 4.06. The molecule has 0 bridgehead atoms. The number of nitro groups is 1. The van der Waals surface area contributed by atoms with Crippen molar-refractivity contribution in [2.24, 2.45) is 5.10 Å². The van der Waals surface area contributed by atoms with Crippen LogP contribution in [0.15, 0.2) is 71.1 Å². The number of thiophene rings is 1. The van der Waals surface area contributed by atoms with Crippen LogP contribution in [-0.4, -0.2) is 22.4 Å². The standard InChI is InChI=1S/C20H16N4O4S/c1-13(22-23-19(25)15-6-3-8-17(12-15)24(27)28)14-5-2-7-16(11-14)21-20(26)18-9-4-10-29-18/h2-12H,1H3,(H,21,26)(H,23,25). The molecular weight excluding hydrogens is 392 g/mol. The average Bonchev–Trinajstić information content (AvgIpc) is 3.27. The minimum atomic E-state index is -0.568. The van der Waals surface area contributed by atoms with Gasteiger partial charge in [0.05, 0.1) is 15.5 Å². The van der Waals surface area contributed by atoms with Crippen molar-refractivity contribution in [3.8, 4) is 0 Å². The molecule has 8 nitrogen and oxygen atoms in total. The van der Waals surface area contributed by atoms with Crippen LogP contribution >= 0.6 is 11.3 Å². The molecule has 0 spiro atoms. The molecule has 2 aromatic carbocycles. The summed E-state index contributed by atoms with van der Waals surface area (Å²) in [7, 11) is 0. The summed E-state index contributed by atoms with van der Waals surface area (Å²) in [4.78, 5) is 35.2. The summed E-state index contributed by atoms with van der Waals surface area (Å²) in [6.45, 7) is 1.70. The summed E-state index contributed by atoms with van der Waals surface area (Å²) in [6, 6.07) is 16.0. The summed E-state index contributed by atoms with van der Waals surface area (Å²) in [5.74, 6) is -0.763. The van der Waals surface area contributed by atoms with E-state index in [0.29, 0.717) is 21.8 Å². The van der Waals surface area contributed by atoms with E-state index >= 15 is 0 Å². The van der Waals surface area contributed by atoms with Crippen LogP contribution < -0.4 is 10.7 Å². The number of anilines is 1. The lowest BCUT2D eigenvalue weighted by atomic mass is 10.1. The van der Waals surface area contributed by atoms with Crippen molar-refractivity contribution >= 4 is 40.2 Å². The first-order valence-corrected chi connectivity index (χ1v) is 9.36.